The van der Waals surface area contributed by atoms with E-state index in [2.05, 4.69) is 16.5 Å². The fourth-order valence-corrected chi connectivity index (χ4v) is 4.07. The maximum atomic E-state index is 12.4. The first-order valence-electron chi connectivity index (χ1n) is 9.62. The van der Waals surface area contributed by atoms with E-state index in [0.717, 1.165) is 64.3 Å². The van der Waals surface area contributed by atoms with Crippen LogP contribution in [0.25, 0.3) is 0 Å². The van der Waals surface area contributed by atoms with Crippen molar-refractivity contribution in [2.45, 2.75) is 64.5 Å². The Morgan fingerprint density at radius 2 is 2.00 bits per heavy atom. The Labute approximate surface area is 144 Å². The molecule has 1 aromatic heterocycles. The smallest absolute Gasteiger partial charge is 0.251 e. The minimum atomic E-state index is -0.165. The Morgan fingerprint density at radius 3 is 2.67 bits per heavy atom. The van der Waals surface area contributed by atoms with Crippen molar-refractivity contribution >= 4 is 5.91 Å². The SMILES string of the molecule is Cc1cnc(CC2CCN(C(=O)C3CCCO3)CC2)n1CC1CC1. The normalized spacial score (nSPS) is 25.4. The van der Waals surface area contributed by atoms with Crippen LogP contribution in [0.1, 0.15) is 50.0 Å². The number of aryl methyl sites for hydroxylation is 1. The molecule has 1 unspecified atom stereocenters. The van der Waals surface area contributed by atoms with Crippen molar-refractivity contribution in [1.29, 1.82) is 0 Å². The highest BCUT2D eigenvalue weighted by Gasteiger charge is 2.31. The van der Waals surface area contributed by atoms with Crippen LogP contribution in [0.4, 0.5) is 0 Å². The van der Waals surface area contributed by atoms with Crippen molar-refractivity contribution in [2.75, 3.05) is 19.7 Å². The molecule has 4 rings (SSSR count). The largest absolute Gasteiger partial charge is 0.368 e. The number of hydrogen-bond donors (Lipinski definition) is 0. The zero-order valence-corrected chi connectivity index (χ0v) is 14.7. The molecule has 0 N–H and O–H groups in total. The van der Waals surface area contributed by atoms with E-state index in [1.807, 2.05) is 11.1 Å². The molecule has 0 bridgehead atoms. The van der Waals surface area contributed by atoms with Gasteiger partial charge in [-0.2, -0.15) is 0 Å². The van der Waals surface area contributed by atoms with Crippen LogP contribution in [0.15, 0.2) is 6.20 Å². The summed E-state index contributed by atoms with van der Waals surface area (Å²) in [7, 11) is 0. The van der Waals surface area contributed by atoms with Gasteiger partial charge in [0.05, 0.1) is 0 Å². The van der Waals surface area contributed by atoms with E-state index < -0.39 is 0 Å². The molecule has 1 amide bonds. The molecule has 1 saturated carbocycles. The van der Waals surface area contributed by atoms with Crippen molar-refractivity contribution in [2.24, 2.45) is 11.8 Å². The third-order valence-electron chi connectivity index (χ3n) is 5.88. The summed E-state index contributed by atoms with van der Waals surface area (Å²) >= 11 is 0. The Kier molecular flexibility index (Phi) is 4.61. The molecule has 2 aliphatic heterocycles. The van der Waals surface area contributed by atoms with Gasteiger partial charge in [-0.3, -0.25) is 4.79 Å². The Bertz CT molecular complexity index is 579. The second-order valence-corrected chi connectivity index (χ2v) is 7.84. The molecule has 3 aliphatic rings. The van der Waals surface area contributed by atoms with Crippen LogP contribution in [-0.2, 0) is 22.5 Å². The Morgan fingerprint density at radius 1 is 1.21 bits per heavy atom. The number of hydrogen-bond acceptors (Lipinski definition) is 3. The molecule has 3 fully saturated rings. The van der Waals surface area contributed by atoms with E-state index in [0.29, 0.717) is 5.92 Å². The monoisotopic (exact) mass is 331 g/mol. The van der Waals surface area contributed by atoms with Gasteiger partial charge < -0.3 is 14.2 Å². The Balaban J connectivity index is 1.31. The predicted octanol–water partition coefficient (Wildman–Crippen LogP) is 2.56. The molecule has 1 aromatic rings. The van der Waals surface area contributed by atoms with Crippen LogP contribution < -0.4 is 0 Å². The summed E-state index contributed by atoms with van der Waals surface area (Å²) in [6, 6.07) is 0. The summed E-state index contributed by atoms with van der Waals surface area (Å²) < 4.78 is 7.98. The van der Waals surface area contributed by atoms with Crippen molar-refractivity contribution < 1.29 is 9.53 Å². The predicted molar refractivity (Wildman–Crippen MR) is 91.7 cm³/mol. The number of piperidine rings is 1. The standard InChI is InChI=1S/C19H29N3O2/c1-14-12-20-18(22(14)13-16-4-5-16)11-15-6-8-21(9-7-15)19(23)17-3-2-10-24-17/h12,15-17H,2-11,13H2,1H3. The number of nitrogens with zero attached hydrogens (tertiary/aromatic N) is 3. The van der Waals surface area contributed by atoms with Crippen LogP contribution in [-0.4, -0.2) is 46.2 Å². The molecular formula is C19H29N3O2. The number of carbonyl (C=O) groups is 1. The molecule has 0 spiro atoms. The van der Waals surface area contributed by atoms with E-state index >= 15 is 0 Å². The first-order valence-corrected chi connectivity index (χ1v) is 9.62. The Hall–Kier alpha value is -1.36. The second-order valence-electron chi connectivity index (χ2n) is 7.84. The molecule has 132 valence electrons. The van der Waals surface area contributed by atoms with Crippen molar-refractivity contribution in [3.63, 3.8) is 0 Å². The topological polar surface area (TPSA) is 47.4 Å². The molecule has 5 nitrogen and oxygen atoms in total. The van der Waals surface area contributed by atoms with Gasteiger partial charge in [-0.25, -0.2) is 4.98 Å². The van der Waals surface area contributed by atoms with Gasteiger partial charge in [-0.15, -0.1) is 0 Å². The summed E-state index contributed by atoms with van der Waals surface area (Å²) in [5, 5.41) is 0. The molecule has 3 heterocycles. The minimum Gasteiger partial charge on any atom is -0.368 e. The van der Waals surface area contributed by atoms with Gasteiger partial charge in [0.15, 0.2) is 0 Å². The van der Waals surface area contributed by atoms with Gasteiger partial charge in [-0.05, 0) is 57.3 Å². The quantitative estimate of drug-likeness (QED) is 0.833. The van der Waals surface area contributed by atoms with Crippen molar-refractivity contribution in [3.8, 4) is 0 Å². The lowest BCUT2D eigenvalue weighted by Gasteiger charge is -2.33. The number of imidazole rings is 1. The average Bonchev–Trinajstić information content (AvgIpc) is 3.12. The van der Waals surface area contributed by atoms with E-state index in [1.165, 1.54) is 24.4 Å². The maximum Gasteiger partial charge on any atom is 0.251 e. The fraction of sp³-hybridized carbons (Fsp3) is 0.789. The summed E-state index contributed by atoms with van der Waals surface area (Å²) in [5.74, 6) is 3.00. The maximum absolute atomic E-state index is 12.4. The van der Waals surface area contributed by atoms with Gasteiger partial charge >= 0.3 is 0 Å². The number of ether oxygens (including phenoxy) is 1. The van der Waals surface area contributed by atoms with E-state index in [-0.39, 0.29) is 12.0 Å². The van der Waals surface area contributed by atoms with E-state index in [9.17, 15) is 4.79 Å². The average molecular weight is 331 g/mol. The highest BCUT2D eigenvalue weighted by molar-refractivity contribution is 5.81. The zero-order valence-electron chi connectivity index (χ0n) is 14.7. The summed E-state index contributed by atoms with van der Waals surface area (Å²) in [6.07, 6.45) is 9.77. The van der Waals surface area contributed by atoms with Crippen LogP contribution in [0, 0.1) is 18.8 Å². The highest BCUT2D eigenvalue weighted by Crippen LogP contribution is 2.32. The van der Waals surface area contributed by atoms with Crippen molar-refractivity contribution in [1.82, 2.24) is 14.5 Å². The number of likely N-dealkylation sites (tertiary alicyclic amines) is 1. The third kappa shape index (κ3) is 3.51. The summed E-state index contributed by atoms with van der Waals surface area (Å²) in [5.41, 5.74) is 1.29. The molecule has 1 atom stereocenters. The van der Waals surface area contributed by atoms with Gasteiger partial charge in [0.1, 0.15) is 11.9 Å². The summed E-state index contributed by atoms with van der Waals surface area (Å²) in [6.45, 7) is 5.83. The first-order chi connectivity index (χ1) is 11.7. The highest BCUT2D eigenvalue weighted by atomic mass is 16.5. The fourth-order valence-electron chi connectivity index (χ4n) is 4.07. The lowest BCUT2D eigenvalue weighted by Crippen LogP contribution is -2.44. The van der Waals surface area contributed by atoms with Gasteiger partial charge in [-0.1, -0.05) is 0 Å². The van der Waals surface area contributed by atoms with Crippen LogP contribution in [0.2, 0.25) is 0 Å². The van der Waals surface area contributed by atoms with E-state index in [4.69, 9.17) is 4.74 Å². The van der Waals surface area contributed by atoms with Crippen LogP contribution in [0.3, 0.4) is 0 Å². The molecule has 5 heteroatoms. The minimum absolute atomic E-state index is 0.165. The molecule has 0 aromatic carbocycles. The van der Waals surface area contributed by atoms with Crippen LogP contribution >= 0.6 is 0 Å². The van der Waals surface area contributed by atoms with Gasteiger partial charge in [0.2, 0.25) is 0 Å². The third-order valence-corrected chi connectivity index (χ3v) is 5.88. The number of rotatable bonds is 5. The van der Waals surface area contributed by atoms with Crippen LogP contribution in [0.5, 0.6) is 0 Å². The second kappa shape index (κ2) is 6.87. The molecule has 24 heavy (non-hydrogen) atoms. The van der Waals surface area contributed by atoms with Gasteiger partial charge in [0.25, 0.3) is 5.91 Å². The number of aromatic nitrogens is 2. The van der Waals surface area contributed by atoms with Gasteiger partial charge in [0, 0.05) is 44.6 Å². The molecule has 1 aliphatic carbocycles. The van der Waals surface area contributed by atoms with E-state index in [1.54, 1.807) is 0 Å². The molecular weight excluding hydrogens is 302 g/mol. The number of carbonyl (C=O) groups excluding carboxylic acids is 1. The lowest BCUT2D eigenvalue weighted by molar-refractivity contribution is -0.142. The number of amides is 1. The molecule has 0 radical (unpaired) electrons. The van der Waals surface area contributed by atoms with Crippen molar-refractivity contribution in [3.05, 3.63) is 17.7 Å². The lowest BCUT2D eigenvalue weighted by atomic mass is 9.93. The first kappa shape index (κ1) is 16.1. The summed E-state index contributed by atoms with van der Waals surface area (Å²) in [4.78, 5) is 19.1. The molecule has 2 saturated heterocycles. The zero-order chi connectivity index (χ0) is 16.5.